The monoisotopic (exact) mass is 301 g/mol. The molecule has 1 fully saturated rings. The molecule has 0 spiro atoms. The van der Waals surface area contributed by atoms with Crippen molar-refractivity contribution in [2.75, 3.05) is 26.2 Å². The van der Waals surface area contributed by atoms with Crippen molar-refractivity contribution in [3.63, 3.8) is 0 Å². The third kappa shape index (κ3) is 3.30. The maximum atomic E-state index is 11.5. The van der Waals surface area contributed by atoms with Crippen molar-refractivity contribution >= 4 is 17.0 Å². The lowest BCUT2D eigenvalue weighted by atomic mass is 9.90. The van der Waals surface area contributed by atoms with Crippen molar-refractivity contribution in [2.45, 2.75) is 32.1 Å². The average molecular weight is 301 g/mol. The molecule has 2 aromatic rings. The van der Waals surface area contributed by atoms with Gasteiger partial charge in [0.25, 0.3) is 0 Å². The number of likely N-dealkylation sites (tertiary alicyclic amines) is 1. The Morgan fingerprint density at radius 1 is 1.55 bits per heavy atom. The molecule has 3 heterocycles. The number of piperidine rings is 1. The number of aromatic amines is 1. The van der Waals surface area contributed by atoms with Crippen LogP contribution in [0.15, 0.2) is 24.5 Å². The molecular weight excluding hydrogens is 278 g/mol. The van der Waals surface area contributed by atoms with E-state index in [0.717, 1.165) is 25.3 Å². The molecule has 5 nitrogen and oxygen atoms in total. The van der Waals surface area contributed by atoms with Gasteiger partial charge in [-0.15, -0.1) is 0 Å². The fraction of sp³-hybridized carbons (Fsp3) is 0.529. The summed E-state index contributed by atoms with van der Waals surface area (Å²) in [7, 11) is 0. The van der Waals surface area contributed by atoms with Crippen LogP contribution in [0.5, 0.6) is 0 Å². The Hall–Kier alpha value is -1.88. The van der Waals surface area contributed by atoms with Crippen LogP contribution in [0.25, 0.3) is 11.0 Å². The Morgan fingerprint density at radius 3 is 3.32 bits per heavy atom. The lowest BCUT2D eigenvalue weighted by molar-refractivity contribution is -0.143. The van der Waals surface area contributed by atoms with Crippen LogP contribution in [-0.4, -0.2) is 47.1 Å². The number of H-pyrrole nitrogens is 1. The van der Waals surface area contributed by atoms with Crippen molar-refractivity contribution in [2.24, 2.45) is 0 Å². The average Bonchev–Trinajstić information content (AvgIpc) is 2.98. The molecule has 0 amide bonds. The molecule has 5 heteroatoms. The predicted molar refractivity (Wildman–Crippen MR) is 85.8 cm³/mol. The van der Waals surface area contributed by atoms with Crippen LogP contribution in [0.4, 0.5) is 0 Å². The van der Waals surface area contributed by atoms with Gasteiger partial charge in [-0.1, -0.05) is 0 Å². The van der Waals surface area contributed by atoms with Crippen LogP contribution in [0.2, 0.25) is 0 Å². The number of nitrogens with one attached hydrogen (secondary N) is 1. The number of pyridine rings is 1. The third-order valence-corrected chi connectivity index (χ3v) is 4.37. The number of carbonyl (C=O) groups excluding carboxylic acids is 1. The molecular formula is C17H23N3O2. The summed E-state index contributed by atoms with van der Waals surface area (Å²) >= 11 is 0. The molecule has 1 aliphatic heterocycles. The summed E-state index contributed by atoms with van der Waals surface area (Å²) in [6.07, 6.45) is 6.75. The van der Waals surface area contributed by atoms with Crippen molar-refractivity contribution < 1.29 is 9.53 Å². The van der Waals surface area contributed by atoms with Crippen LogP contribution in [0.1, 0.15) is 37.7 Å². The van der Waals surface area contributed by atoms with E-state index in [1.807, 2.05) is 19.2 Å². The number of rotatable bonds is 5. The summed E-state index contributed by atoms with van der Waals surface area (Å²) in [6, 6.07) is 4.12. The van der Waals surface area contributed by atoms with Gasteiger partial charge in [0.1, 0.15) is 5.65 Å². The fourth-order valence-electron chi connectivity index (χ4n) is 3.31. The zero-order chi connectivity index (χ0) is 15.4. The van der Waals surface area contributed by atoms with Crippen LogP contribution >= 0.6 is 0 Å². The first kappa shape index (κ1) is 15.0. The van der Waals surface area contributed by atoms with Gasteiger partial charge >= 0.3 is 5.97 Å². The Bertz CT molecular complexity index is 638. The first-order valence-electron chi connectivity index (χ1n) is 8.08. The van der Waals surface area contributed by atoms with Crippen molar-refractivity contribution in [3.8, 4) is 0 Å². The molecule has 22 heavy (non-hydrogen) atoms. The van der Waals surface area contributed by atoms with E-state index >= 15 is 0 Å². The van der Waals surface area contributed by atoms with Gasteiger partial charge in [0.2, 0.25) is 0 Å². The van der Waals surface area contributed by atoms with Gasteiger partial charge in [0.15, 0.2) is 0 Å². The number of carbonyl (C=O) groups is 1. The van der Waals surface area contributed by atoms with E-state index in [1.165, 1.54) is 23.8 Å². The molecule has 1 saturated heterocycles. The summed E-state index contributed by atoms with van der Waals surface area (Å²) in [5.41, 5.74) is 2.31. The van der Waals surface area contributed by atoms with Gasteiger partial charge in [-0.2, -0.15) is 0 Å². The lowest BCUT2D eigenvalue weighted by Gasteiger charge is -2.32. The predicted octanol–water partition coefficient (Wildman–Crippen LogP) is 2.70. The first-order valence-corrected chi connectivity index (χ1v) is 8.08. The van der Waals surface area contributed by atoms with Gasteiger partial charge < -0.3 is 14.6 Å². The highest BCUT2D eigenvalue weighted by Gasteiger charge is 2.24. The normalized spacial score (nSPS) is 19.4. The van der Waals surface area contributed by atoms with Crippen molar-refractivity contribution in [1.82, 2.24) is 14.9 Å². The standard InChI is InChI=1S/C17H23N3O2/c1-2-22-16(21)7-10-20-9-4-5-13(12-20)15-11-19-17-14(15)6-3-8-18-17/h3,6,8,11,13H,2,4-5,7,9-10,12H2,1H3,(H,18,19). The molecule has 3 rings (SSSR count). The molecule has 0 radical (unpaired) electrons. The van der Waals surface area contributed by atoms with Crippen LogP contribution in [-0.2, 0) is 9.53 Å². The molecule has 0 bridgehead atoms. The first-order chi connectivity index (χ1) is 10.8. The van der Waals surface area contributed by atoms with Gasteiger partial charge in [-0.25, -0.2) is 4.98 Å². The maximum absolute atomic E-state index is 11.5. The summed E-state index contributed by atoms with van der Waals surface area (Å²) in [5.74, 6) is 0.412. The second kappa shape index (κ2) is 6.92. The van der Waals surface area contributed by atoms with Gasteiger partial charge in [0, 0.05) is 30.9 Å². The molecule has 0 aliphatic carbocycles. The van der Waals surface area contributed by atoms with Crippen molar-refractivity contribution in [3.05, 3.63) is 30.1 Å². The Labute approximate surface area is 130 Å². The zero-order valence-electron chi connectivity index (χ0n) is 13.0. The van der Waals surface area contributed by atoms with Gasteiger partial charge in [-0.05, 0) is 49.9 Å². The van der Waals surface area contributed by atoms with Crippen LogP contribution in [0, 0.1) is 0 Å². The lowest BCUT2D eigenvalue weighted by Crippen LogP contribution is -2.36. The topological polar surface area (TPSA) is 58.2 Å². The molecule has 1 aliphatic rings. The number of hydrogen-bond donors (Lipinski definition) is 1. The number of esters is 1. The van der Waals surface area contributed by atoms with E-state index in [9.17, 15) is 4.79 Å². The smallest absolute Gasteiger partial charge is 0.307 e. The molecule has 118 valence electrons. The Balaban J connectivity index is 1.64. The molecule has 1 unspecified atom stereocenters. The van der Waals surface area contributed by atoms with Crippen LogP contribution < -0.4 is 0 Å². The number of nitrogens with zero attached hydrogens (tertiary/aromatic N) is 2. The Kier molecular flexibility index (Phi) is 4.73. The largest absolute Gasteiger partial charge is 0.466 e. The number of ether oxygens (including phenoxy) is 1. The fourth-order valence-corrected chi connectivity index (χ4v) is 3.31. The number of hydrogen-bond acceptors (Lipinski definition) is 4. The quantitative estimate of drug-likeness (QED) is 0.863. The summed E-state index contributed by atoms with van der Waals surface area (Å²) in [6.45, 7) is 5.16. The Morgan fingerprint density at radius 2 is 2.45 bits per heavy atom. The molecule has 0 saturated carbocycles. The minimum absolute atomic E-state index is 0.0964. The van der Waals surface area contributed by atoms with E-state index in [1.54, 1.807) is 0 Å². The highest BCUT2D eigenvalue weighted by Crippen LogP contribution is 2.31. The molecule has 2 aromatic heterocycles. The minimum Gasteiger partial charge on any atom is -0.466 e. The van der Waals surface area contributed by atoms with E-state index in [2.05, 4.69) is 27.1 Å². The number of aromatic nitrogens is 2. The van der Waals surface area contributed by atoms with Gasteiger partial charge in [0.05, 0.1) is 13.0 Å². The summed E-state index contributed by atoms with van der Waals surface area (Å²) < 4.78 is 5.01. The van der Waals surface area contributed by atoms with E-state index in [4.69, 9.17) is 4.74 Å². The highest BCUT2D eigenvalue weighted by molar-refractivity contribution is 5.80. The molecule has 0 aromatic carbocycles. The molecule has 1 atom stereocenters. The SMILES string of the molecule is CCOC(=O)CCN1CCCC(c2c[nH]c3ncccc23)C1. The summed E-state index contributed by atoms with van der Waals surface area (Å²) in [5, 5.41) is 1.22. The second-order valence-corrected chi connectivity index (χ2v) is 5.84. The second-order valence-electron chi connectivity index (χ2n) is 5.84. The van der Waals surface area contributed by atoms with Crippen molar-refractivity contribution in [1.29, 1.82) is 0 Å². The van der Waals surface area contributed by atoms with E-state index in [-0.39, 0.29) is 5.97 Å². The number of fused-ring (bicyclic) bond motifs is 1. The van der Waals surface area contributed by atoms with Gasteiger partial charge in [-0.3, -0.25) is 4.79 Å². The van der Waals surface area contributed by atoms with Crippen LogP contribution in [0.3, 0.4) is 0 Å². The minimum atomic E-state index is -0.0964. The molecule has 1 N–H and O–H groups in total. The van der Waals surface area contributed by atoms with E-state index < -0.39 is 0 Å². The highest BCUT2D eigenvalue weighted by atomic mass is 16.5. The zero-order valence-corrected chi connectivity index (χ0v) is 13.0. The van der Waals surface area contributed by atoms with E-state index in [0.29, 0.717) is 18.9 Å². The third-order valence-electron chi connectivity index (χ3n) is 4.37. The summed E-state index contributed by atoms with van der Waals surface area (Å²) in [4.78, 5) is 21.5. The maximum Gasteiger partial charge on any atom is 0.307 e.